The minimum Gasteiger partial charge on any atom is -0.343 e. The molecule has 0 fully saturated rings. The molecule has 7 heteroatoms. The molecule has 0 saturated heterocycles. The Kier molecular flexibility index (Phi) is 3.54. The van der Waals surface area contributed by atoms with E-state index >= 15 is 0 Å². The zero-order valence-corrected chi connectivity index (χ0v) is 9.09. The maximum atomic E-state index is 11.8. The summed E-state index contributed by atoms with van der Waals surface area (Å²) in [6.45, 7) is -0.114. The lowest BCUT2D eigenvalue weighted by Crippen LogP contribution is -2.36. The summed E-state index contributed by atoms with van der Waals surface area (Å²) in [5.41, 5.74) is 0. The van der Waals surface area contributed by atoms with E-state index in [2.05, 4.69) is 15.9 Å². The van der Waals surface area contributed by atoms with Gasteiger partial charge in [0, 0.05) is 9.35 Å². The highest BCUT2D eigenvalue weighted by Gasteiger charge is 2.38. The summed E-state index contributed by atoms with van der Waals surface area (Å²) in [6.07, 6.45) is -4.82. The molecular formula is C7H5BrF3NOS. The fourth-order valence-electron chi connectivity index (χ4n) is 0.712. The van der Waals surface area contributed by atoms with Crippen molar-refractivity contribution in [1.29, 1.82) is 0 Å². The van der Waals surface area contributed by atoms with Crippen molar-refractivity contribution in [2.45, 2.75) is 12.7 Å². The van der Waals surface area contributed by atoms with E-state index in [-0.39, 0.29) is 6.54 Å². The van der Waals surface area contributed by atoms with Crippen molar-refractivity contribution in [1.82, 2.24) is 5.32 Å². The van der Waals surface area contributed by atoms with Gasteiger partial charge in [-0.2, -0.15) is 13.2 Å². The third-order valence-corrected chi connectivity index (χ3v) is 3.28. The van der Waals surface area contributed by atoms with Gasteiger partial charge in [0.2, 0.25) is 0 Å². The third-order valence-electron chi connectivity index (χ3n) is 1.36. The van der Waals surface area contributed by atoms with Crippen molar-refractivity contribution in [2.75, 3.05) is 0 Å². The molecule has 0 radical (unpaired) electrons. The Hall–Kier alpha value is -0.560. The highest BCUT2D eigenvalue weighted by Crippen LogP contribution is 2.22. The minimum absolute atomic E-state index is 0.114. The Morgan fingerprint density at radius 1 is 1.57 bits per heavy atom. The van der Waals surface area contributed by atoms with Crippen LogP contribution in [-0.2, 0) is 11.3 Å². The van der Waals surface area contributed by atoms with E-state index in [1.807, 2.05) is 0 Å². The van der Waals surface area contributed by atoms with Crippen LogP contribution in [0.15, 0.2) is 15.9 Å². The first-order valence-corrected chi connectivity index (χ1v) is 5.15. The highest BCUT2D eigenvalue weighted by molar-refractivity contribution is 9.10. The van der Waals surface area contributed by atoms with Gasteiger partial charge in [0.05, 0.1) is 6.54 Å². The molecular weight excluding hydrogens is 283 g/mol. The molecule has 1 aromatic rings. The average Bonchev–Trinajstić information content (AvgIpc) is 2.45. The van der Waals surface area contributed by atoms with Crippen molar-refractivity contribution >= 4 is 33.2 Å². The average molecular weight is 288 g/mol. The summed E-state index contributed by atoms with van der Waals surface area (Å²) in [6, 6.07) is 1.71. The largest absolute Gasteiger partial charge is 0.471 e. The second kappa shape index (κ2) is 4.31. The van der Waals surface area contributed by atoms with Gasteiger partial charge < -0.3 is 5.32 Å². The zero-order valence-electron chi connectivity index (χ0n) is 6.69. The minimum atomic E-state index is -4.82. The number of thiophene rings is 1. The Labute approximate surface area is 90.2 Å². The number of halogens is 4. The first-order chi connectivity index (χ1) is 6.41. The molecule has 1 amide bonds. The van der Waals surface area contributed by atoms with Gasteiger partial charge in [-0.15, -0.1) is 11.3 Å². The molecule has 1 heterocycles. The normalized spacial score (nSPS) is 11.4. The van der Waals surface area contributed by atoms with Gasteiger partial charge in [-0.25, -0.2) is 0 Å². The first kappa shape index (κ1) is 11.5. The fourth-order valence-corrected chi connectivity index (χ4v) is 2.14. The summed E-state index contributed by atoms with van der Waals surface area (Å²) < 4.78 is 36.0. The van der Waals surface area contributed by atoms with Crippen LogP contribution in [0.1, 0.15) is 4.88 Å². The molecule has 0 atom stereocenters. The van der Waals surface area contributed by atoms with Crippen molar-refractivity contribution < 1.29 is 18.0 Å². The van der Waals surface area contributed by atoms with Gasteiger partial charge in [0.25, 0.3) is 0 Å². The molecule has 0 aromatic carbocycles. The lowest BCUT2D eigenvalue weighted by molar-refractivity contribution is -0.173. The first-order valence-electron chi connectivity index (χ1n) is 3.48. The van der Waals surface area contributed by atoms with Gasteiger partial charge in [-0.1, -0.05) is 0 Å². The van der Waals surface area contributed by atoms with Gasteiger partial charge in [-0.05, 0) is 27.4 Å². The maximum Gasteiger partial charge on any atom is 0.471 e. The van der Waals surface area contributed by atoms with Gasteiger partial charge >= 0.3 is 12.1 Å². The second-order valence-electron chi connectivity index (χ2n) is 2.37. The van der Waals surface area contributed by atoms with Crippen LogP contribution < -0.4 is 5.32 Å². The predicted octanol–water partition coefficient (Wildman–Crippen LogP) is 2.69. The number of carbonyl (C=O) groups is 1. The standard InChI is InChI=1S/C7H5BrF3NOS/c8-4-1-2-14-5(4)3-12-6(13)7(9,10)11/h1-2H,3H2,(H,12,13). The molecule has 0 unspecified atom stereocenters. The van der Waals surface area contributed by atoms with Crippen LogP contribution >= 0.6 is 27.3 Å². The number of carbonyl (C=O) groups excluding carboxylic acids is 1. The molecule has 0 aliphatic rings. The van der Waals surface area contributed by atoms with Crippen molar-refractivity contribution in [3.63, 3.8) is 0 Å². The predicted molar refractivity (Wildman–Crippen MR) is 49.9 cm³/mol. The summed E-state index contributed by atoms with van der Waals surface area (Å²) in [5.74, 6) is -1.92. The molecule has 0 saturated carbocycles. The van der Waals surface area contributed by atoms with E-state index in [0.29, 0.717) is 9.35 Å². The van der Waals surface area contributed by atoms with Crippen LogP contribution in [0.4, 0.5) is 13.2 Å². The lowest BCUT2D eigenvalue weighted by atomic mass is 10.4. The van der Waals surface area contributed by atoms with Crippen LogP contribution in [0, 0.1) is 0 Å². The van der Waals surface area contributed by atoms with E-state index in [1.165, 1.54) is 11.3 Å². The SMILES string of the molecule is O=C(NCc1sccc1Br)C(F)(F)F. The number of hydrogen-bond donors (Lipinski definition) is 1. The summed E-state index contributed by atoms with van der Waals surface area (Å²) in [7, 11) is 0. The van der Waals surface area contributed by atoms with Crippen molar-refractivity contribution in [3.05, 3.63) is 20.8 Å². The van der Waals surface area contributed by atoms with Gasteiger partial charge in [-0.3, -0.25) is 4.79 Å². The summed E-state index contributed by atoms with van der Waals surface area (Å²) >= 11 is 4.42. The van der Waals surface area contributed by atoms with Crippen LogP contribution in [0.5, 0.6) is 0 Å². The van der Waals surface area contributed by atoms with Crippen molar-refractivity contribution in [2.24, 2.45) is 0 Å². The Morgan fingerprint density at radius 3 is 2.64 bits per heavy atom. The third kappa shape index (κ3) is 2.98. The number of hydrogen-bond acceptors (Lipinski definition) is 2. The summed E-state index contributed by atoms with van der Waals surface area (Å²) in [5, 5.41) is 3.50. The van der Waals surface area contributed by atoms with Crippen LogP contribution in [0.25, 0.3) is 0 Å². The van der Waals surface area contributed by atoms with Crippen LogP contribution in [0.3, 0.4) is 0 Å². The van der Waals surface area contributed by atoms with Crippen LogP contribution in [0.2, 0.25) is 0 Å². The number of rotatable bonds is 2. The lowest BCUT2D eigenvalue weighted by Gasteiger charge is -2.06. The molecule has 0 spiro atoms. The Bertz CT molecular complexity index is 336. The molecule has 0 aliphatic carbocycles. The van der Waals surface area contributed by atoms with E-state index in [1.54, 1.807) is 16.8 Å². The zero-order chi connectivity index (χ0) is 10.8. The fraction of sp³-hybridized carbons (Fsp3) is 0.286. The highest BCUT2D eigenvalue weighted by atomic mass is 79.9. The monoisotopic (exact) mass is 287 g/mol. The Balaban J connectivity index is 2.50. The summed E-state index contributed by atoms with van der Waals surface area (Å²) in [4.78, 5) is 11.1. The maximum absolute atomic E-state index is 11.8. The quantitative estimate of drug-likeness (QED) is 0.890. The topological polar surface area (TPSA) is 29.1 Å². The molecule has 1 aromatic heterocycles. The number of amides is 1. The molecule has 0 aliphatic heterocycles. The number of nitrogens with one attached hydrogen (secondary N) is 1. The van der Waals surface area contributed by atoms with E-state index in [9.17, 15) is 18.0 Å². The van der Waals surface area contributed by atoms with Gasteiger partial charge in [0.1, 0.15) is 0 Å². The van der Waals surface area contributed by atoms with Crippen molar-refractivity contribution in [3.8, 4) is 0 Å². The van der Waals surface area contributed by atoms with E-state index in [0.717, 1.165) is 0 Å². The Morgan fingerprint density at radius 2 is 2.21 bits per heavy atom. The van der Waals surface area contributed by atoms with E-state index in [4.69, 9.17) is 0 Å². The second-order valence-corrected chi connectivity index (χ2v) is 4.23. The van der Waals surface area contributed by atoms with E-state index < -0.39 is 12.1 Å². The molecule has 14 heavy (non-hydrogen) atoms. The number of alkyl halides is 3. The molecule has 1 N–H and O–H groups in total. The molecule has 2 nitrogen and oxygen atoms in total. The smallest absolute Gasteiger partial charge is 0.343 e. The molecule has 1 rings (SSSR count). The molecule has 78 valence electrons. The van der Waals surface area contributed by atoms with Gasteiger partial charge in [0.15, 0.2) is 0 Å². The van der Waals surface area contributed by atoms with Crippen LogP contribution in [-0.4, -0.2) is 12.1 Å². The molecule has 0 bridgehead atoms.